The molecule has 1 heterocycles. The number of amides is 1. The Hall–Kier alpha value is -2.59. The topological polar surface area (TPSA) is 75.7 Å². The Morgan fingerprint density at radius 3 is 2.32 bits per heavy atom. The molecule has 2 aromatic carbocycles. The number of alkyl halides is 3. The van der Waals surface area contributed by atoms with Crippen LogP contribution in [-0.4, -0.2) is 46.4 Å². The van der Waals surface area contributed by atoms with E-state index in [1.165, 1.54) is 37.3 Å². The Balaban J connectivity index is 1.75. The Kier molecular flexibility index (Phi) is 6.90. The third-order valence-corrected chi connectivity index (χ3v) is 6.82. The number of benzene rings is 2. The van der Waals surface area contributed by atoms with E-state index in [1.54, 1.807) is 6.07 Å². The summed E-state index contributed by atoms with van der Waals surface area (Å²) >= 11 is 0. The van der Waals surface area contributed by atoms with Crippen LogP contribution in [0.5, 0.6) is 0 Å². The number of sulfone groups is 1. The van der Waals surface area contributed by atoms with E-state index >= 15 is 0 Å². The van der Waals surface area contributed by atoms with Crippen LogP contribution in [0.25, 0.3) is 0 Å². The molecule has 1 amide bonds. The van der Waals surface area contributed by atoms with Crippen LogP contribution in [-0.2, 0) is 27.3 Å². The highest BCUT2D eigenvalue weighted by atomic mass is 32.2. The summed E-state index contributed by atoms with van der Waals surface area (Å²) in [7, 11) is -3.40. The molecule has 3 rings (SSSR count). The maximum absolute atomic E-state index is 13.6. The maximum atomic E-state index is 13.6. The minimum absolute atomic E-state index is 0.0527. The van der Waals surface area contributed by atoms with E-state index in [9.17, 15) is 26.4 Å². The van der Waals surface area contributed by atoms with Gasteiger partial charge in [0.05, 0.1) is 29.4 Å². The van der Waals surface area contributed by atoms with Crippen molar-refractivity contribution in [2.45, 2.75) is 24.5 Å². The lowest BCUT2D eigenvalue weighted by atomic mass is 10.0. The molecule has 0 radical (unpaired) electrons. The molecule has 6 nitrogen and oxygen atoms in total. The first-order chi connectivity index (χ1) is 14.6. The van der Waals surface area contributed by atoms with Crippen molar-refractivity contribution in [3.05, 3.63) is 59.2 Å². The van der Waals surface area contributed by atoms with Crippen LogP contribution < -0.4 is 10.2 Å². The molecule has 1 aliphatic heterocycles. The normalized spacial score (nSPS) is 15.0. The number of nitrogens with zero attached hydrogens (tertiary/aromatic N) is 1. The Morgan fingerprint density at radius 2 is 1.74 bits per heavy atom. The van der Waals surface area contributed by atoms with Crippen molar-refractivity contribution < 1.29 is 31.1 Å². The van der Waals surface area contributed by atoms with Crippen molar-refractivity contribution in [1.29, 1.82) is 0 Å². The molecule has 0 unspecified atom stereocenters. The zero-order valence-corrected chi connectivity index (χ0v) is 17.7. The summed E-state index contributed by atoms with van der Waals surface area (Å²) in [5, 5.41) is 2.48. The SMILES string of the molecule is CCS(=O)(=O)c1ccc(C(=O)NCc2ccc(N3CCOCC3)cc2C(F)(F)F)cc1. The molecule has 168 valence electrons. The number of hydrogen-bond acceptors (Lipinski definition) is 5. The van der Waals surface area contributed by atoms with Crippen LogP contribution in [0.3, 0.4) is 0 Å². The predicted octanol–water partition coefficient (Wildman–Crippen LogP) is 3.27. The minimum atomic E-state index is -4.57. The molecule has 10 heteroatoms. The molecule has 0 aliphatic carbocycles. The number of hydrogen-bond donors (Lipinski definition) is 1. The number of ether oxygens (including phenoxy) is 1. The van der Waals surface area contributed by atoms with E-state index in [0.717, 1.165) is 6.07 Å². The van der Waals surface area contributed by atoms with Gasteiger partial charge in [-0.2, -0.15) is 13.2 Å². The predicted molar refractivity (Wildman–Crippen MR) is 110 cm³/mol. The lowest BCUT2D eigenvalue weighted by Crippen LogP contribution is -2.36. The third kappa shape index (κ3) is 5.56. The van der Waals surface area contributed by atoms with Gasteiger partial charge in [0.1, 0.15) is 0 Å². The van der Waals surface area contributed by atoms with Gasteiger partial charge in [-0.25, -0.2) is 8.42 Å². The van der Waals surface area contributed by atoms with Crippen LogP contribution in [0, 0.1) is 0 Å². The molecule has 0 saturated carbocycles. The molecule has 1 aliphatic rings. The van der Waals surface area contributed by atoms with Gasteiger partial charge in [-0.15, -0.1) is 0 Å². The number of nitrogens with one attached hydrogen (secondary N) is 1. The number of halogens is 3. The van der Waals surface area contributed by atoms with Gasteiger partial charge in [0, 0.05) is 30.9 Å². The monoisotopic (exact) mass is 456 g/mol. The first-order valence-corrected chi connectivity index (χ1v) is 11.4. The van der Waals surface area contributed by atoms with Crippen molar-refractivity contribution in [2.75, 3.05) is 37.0 Å². The maximum Gasteiger partial charge on any atom is 0.416 e. The highest BCUT2D eigenvalue weighted by molar-refractivity contribution is 7.91. The molecule has 1 N–H and O–H groups in total. The largest absolute Gasteiger partial charge is 0.416 e. The summed E-state index contributed by atoms with van der Waals surface area (Å²) in [6, 6.07) is 9.36. The van der Waals surface area contributed by atoms with Crippen molar-refractivity contribution in [3.63, 3.8) is 0 Å². The number of carbonyl (C=O) groups excluding carboxylic acids is 1. The fraction of sp³-hybridized carbons (Fsp3) is 0.381. The average Bonchev–Trinajstić information content (AvgIpc) is 2.77. The highest BCUT2D eigenvalue weighted by Gasteiger charge is 2.34. The van der Waals surface area contributed by atoms with Gasteiger partial charge in [-0.3, -0.25) is 4.79 Å². The summed E-state index contributed by atoms with van der Waals surface area (Å²) in [4.78, 5) is 14.3. The van der Waals surface area contributed by atoms with Gasteiger partial charge in [0.15, 0.2) is 9.84 Å². The quantitative estimate of drug-likeness (QED) is 0.722. The van der Waals surface area contributed by atoms with Crippen LogP contribution in [0.1, 0.15) is 28.4 Å². The van der Waals surface area contributed by atoms with Crippen molar-refractivity contribution in [2.24, 2.45) is 0 Å². The number of anilines is 1. The Bertz CT molecular complexity index is 1030. The van der Waals surface area contributed by atoms with Crippen LogP contribution in [0.15, 0.2) is 47.4 Å². The van der Waals surface area contributed by atoms with E-state index in [1.807, 2.05) is 4.90 Å². The van der Waals surface area contributed by atoms with E-state index in [0.29, 0.717) is 32.0 Å². The zero-order valence-electron chi connectivity index (χ0n) is 16.9. The fourth-order valence-electron chi connectivity index (χ4n) is 3.26. The molecular weight excluding hydrogens is 433 g/mol. The summed E-state index contributed by atoms with van der Waals surface area (Å²) in [5.74, 6) is -0.662. The molecule has 0 aromatic heterocycles. The Morgan fingerprint density at radius 1 is 1.10 bits per heavy atom. The molecule has 1 saturated heterocycles. The summed E-state index contributed by atoms with van der Waals surface area (Å²) in [5.41, 5.74) is -0.240. The van der Waals surface area contributed by atoms with Crippen LogP contribution in [0.2, 0.25) is 0 Å². The second kappa shape index (κ2) is 9.27. The van der Waals surface area contributed by atoms with Crippen LogP contribution >= 0.6 is 0 Å². The molecular formula is C21H23F3N2O4S. The van der Waals surface area contributed by atoms with Crippen molar-refractivity contribution in [3.8, 4) is 0 Å². The molecule has 31 heavy (non-hydrogen) atoms. The molecule has 1 fully saturated rings. The van der Waals surface area contributed by atoms with E-state index in [4.69, 9.17) is 4.74 Å². The summed E-state index contributed by atoms with van der Waals surface area (Å²) in [6.45, 7) is 3.13. The molecule has 0 atom stereocenters. The summed E-state index contributed by atoms with van der Waals surface area (Å²) in [6.07, 6.45) is -4.57. The van der Waals surface area contributed by atoms with Gasteiger partial charge in [-0.1, -0.05) is 13.0 Å². The van der Waals surface area contributed by atoms with Crippen molar-refractivity contribution >= 4 is 21.4 Å². The van der Waals surface area contributed by atoms with Crippen LogP contribution in [0.4, 0.5) is 18.9 Å². The zero-order chi connectivity index (χ0) is 22.6. The fourth-order valence-corrected chi connectivity index (χ4v) is 4.14. The standard InChI is InChI=1S/C21H23F3N2O4S/c1-2-31(28,29)18-7-4-15(5-8-18)20(27)25-14-16-3-6-17(13-19(16)21(22,23)24)26-9-11-30-12-10-26/h3-8,13H,2,9-12,14H2,1H3,(H,25,27). The molecule has 0 spiro atoms. The van der Waals surface area contributed by atoms with E-state index in [2.05, 4.69) is 5.32 Å². The van der Waals surface area contributed by atoms with Gasteiger partial charge in [0.2, 0.25) is 0 Å². The van der Waals surface area contributed by atoms with Gasteiger partial charge in [0.25, 0.3) is 5.91 Å². The lowest BCUT2D eigenvalue weighted by Gasteiger charge is -2.29. The number of rotatable bonds is 6. The summed E-state index contributed by atoms with van der Waals surface area (Å²) < 4.78 is 69.8. The van der Waals surface area contributed by atoms with E-state index < -0.39 is 27.5 Å². The Labute approximate surface area is 178 Å². The smallest absolute Gasteiger partial charge is 0.378 e. The minimum Gasteiger partial charge on any atom is -0.378 e. The number of morpholine rings is 1. The molecule has 0 bridgehead atoms. The second-order valence-corrected chi connectivity index (χ2v) is 9.33. The second-order valence-electron chi connectivity index (χ2n) is 7.05. The van der Waals surface area contributed by atoms with E-state index in [-0.39, 0.29) is 28.3 Å². The number of carbonyl (C=O) groups is 1. The lowest BCUT2D eigenvalue weighted by molar-refractivity contribution is -0.138. The molecule has 2 aromatic rings. The van der Waals surface area contributed by atoms with Crippen molar-refractivity contribution in [1.82, 2.24) is 5.32 Å². The first kappa shape index (κ1) is 23.1. The highest BCUT2D eigenvalue weighted by Crippen LogP contribution is 2.35. The van der Waals surface area contributed by atoms with Gasteiger partial charge < -0.3 is 15.0 Å². The average molecular weight is 456 g/mol. The van der Waals surface area contributed by atoms with Gasteiger partial charge in [-0.05, 0) is 42.0 Å². The third-order valence-electron chi connectivity index (χ3n) is 5.07. The van der Waals surface area contributed by atoms with Gasteiger partial charge >= 0.3 is 6.18 Å². The first-order valence-electron chi connectivity index (χ1n) is 9.75.